The summed E-state index contributed by atoms with van der Waals surface area (Å²) in [6.45, 7) is 45.4. The lowest BCUT2D eigenvalue weighted by Crippen LogP contribution is -2.36. The van der Waals surface area contributed by atoms with E-state index in [0.29, 0.717) is 35.2 Å². The zero-order valence-electron chi connectivity index (χ0n) is 34.1. The van der Waals surface area contributed by atoms with E-state index in [2.05, 4.69) is 143 Å². The van der Waals surface area contributed by atoms with Crippen LogP contribution in [0.15, 0.2) is 29.8 Å². The van der Waals surface area contributed by atoms with Crippen molar-refractivity contribution >= 4 is 0 Å². The molecule has 1 N–H and O–H groups in total. The summed E-state index contributed by atoms with van der Waals surface area (Å²) in [5.74, 6) is 0.508. The Hall–Kier alpha value is -1.28. The normalized spacial score (nSPS) is 18.1. The van der Waals surface area contributed by atoms with E-state index >= 15 is 0 Å². The first kappa shape index (κ1) is 40.9. The van der Waals surface area contributed by atoms with Crippen LogP contribution in [0.2, 0.25) is 0 Å². The van der Waals surface area contributed by atoms with Gasteiger partial charge < -0.3 is 9.84 Å². The molecule has 0 aliphatic carbocycles. The molecule has 1 atom stereocenters. The third kappa shape index (κ3) is 13.3. The number of rotatable bonds is 15. The molecule has 0 radical (unpaired) electrons. The van der Waals surface area contributed by atoms with Crippen LogP contribution in [0.4, 0.5) is 0 Å². The highest BCUT2D eigenvalue weighted by Crippen LogP contribution is 2.53. The maximum atomic E-state index is 10.8. The van der Waals surface area contributed by atoms with Crippen molar-refractivity contribution in [3.05, 3.63) is 41.0 Å². The molecular weight excluding hydrogens is 560 g/mol. The van der Waals surface area contributed by atoms with E-state index in [9.17, 15) is 5.11 Å². The van der Waals surface area contributed by atoms with Crippen LogP contribution in [0.1, 0.15) is 187 Å². The minimum atomic E-state index is -0.0149. The van der Waals surface area contributed by atoms with Crippen molar-refractivity contribution in [1.82, 2.24) is 0 Å². The third-order valence-electron chi connectivity index (χ3n) is 10.3. The van der Waals surface area contributed by atoms with Crippen LogP contribution in [0.5, 0.6) is 5.75 Å². The van der Waals surface area contributed by atoms with Gasteiger partial charge in [-0.15, -0.1) is 0 Å². The summed E-state index contributed by atoms with van der Waals surface area (Å²) in [7, 11) is 0. The van der Waals surface area contributed by atoms with Crippen molar-refractivity contribution in [1.29, 1.82) is 0 Å². The lowest BCUT2D eigenvalue weighted by Gasteiger charge is -2.47. The van der Waals surface area contributed by atoms with Gasteiger partial charge >= 0.3 is 0 Å². The maximum absolute atomic E-state index is 10.8. The van der Waals surface area contributed by atoms with Crippen molar-refractivity contribution in [3.63, 3.8) is 0 Å². The average molecular weight is 639 g/mol. The molecule has 2 nitrogen and oxygen atoms in total. The van der Waals surface area contributed by atoms with Gasteiger partial charge in [0.1, 0.15) is 5.75 Å². The highest BCUT2D eigenvalue weighted by atomic mass is 16.5. The summed E-state index contributed by atoms with van der Waals surface area (Å²) < 4.78 is 5.76. The van der Waals surface area contributed by atoms with E-state index in [-0.39, 0.29) is 33.0 Å². The summed E-state index contributed by atoms with van der Waals surface area (Å²) in [6, 6.07) is 6.30. The average Bonchev–Trinajstić information content (AvgIpc) is 2.72. The number of aromatic hydroxyl groups is 1. The summed E-state index contributed by atoms with van der Waals surface area (Å²) in [5, 5.41) is 10.8. The predicted octanol–water partition coefficient (Wildman–Crippen LogP) is 13.7. The van der Waals surface area contributed by atoms with Crippen LogP contribution in [-0.2, 0) is 10.2 Å². The number of ether oxygens (including phenoxy) is 1. The molecule has 0 fully saturated rings. The molecule has 1 aromatic carbocycles. The van der Waals surface area contributed by atoms with Crippen molar-refractivity contribution < 1.29 is 9.84 Å². The molecule has 266 valence electrons. The van der Waals surface area contributed by atoms with Gasteiger partial charge in [0.15, 0.2) is 0 Å². The SMILES string of the molecule is CC1=CCOCC1c1cc(C(C)(C)CC(C)(C)CC(C)(C)CC(C)(C)CC(C)(C)CC(C)(C)CC(C)(C)CC(C)(C)C)ccc1O. The Morgan fingerprint density at radius 3 is 1.37 bits per heavy atom. The standard InChI is InChI=1S/C44H78O2/c1-32-21-22-46-24-35(32)34-23-33(19-20-36(34)45)44(17,18)31-43(15,16)30-42(13,14)29-41(11,12)28-40(9,10)27-39(7,8)26-38(5,6)25-37(2,3)4/h19-21,23,35,45H,22,24-31H2,1-18H3. The van der Waals surface area contributed by atoms with E-state index in [4.69, 9.17) is 4.74 Å². The van der Waals surface area contributed by atoms with Gasteiger partial charge in [-0.3, -0.25) is 0 Å². The summed E-state index contributed by atoms with van der Waals surface area (Å²) >= 11 is 0. The fraction of sp³-hybridized carbons (Fsp3) is 0.818. The number of benzene rings is 1. The Morgan fingerprint density at radius 2 is 0.978 bits per heavy atom. The second-order valence-corrected chi connectivity index (χ2v) is 22.5. The lowest BCUT2D eigenvalue weighted by atomic mass is 9.59. The molecular formula is C44H78O2. The van der Waals surface area contributed by atoms with Crippen molar-refractivity contribution in [3.8, 4) is 5.75 Å². The quantitative estimate of drug-likeness (QED) is 0.194. The van der Waals surface area contributed by atoms with Gasteiger partial charge in [0.2, 0.25) is 0 Å². The number of hydrogen-bond acceptors (Lipinski definition) is 2. The predicted molar refractivity (Wildman–Crippen MR) is 203 cm³/mol. The van der Waals surface area contributed by atoms with E-state index < -0.39 is 0 Å². The number of hydrogen-bond donors (Lipinski definition) is 1. The van der Waals surface area contributed by atoms with Gasteiger partial charge in [-0.25, -0.2) is 0 Å². The fourth-order valence-electron chi connectivity index (χ4n) is 11.8. The Morgan fingerprint density at radius 1 is 0.587 bits per heavy atom. The highest BCUT2D eigenvalue weighted by Gasteiger charge is 2.41. The van der Waals surface area contributed by atoms with Crippen LogP contribution in [0.3, 0.4) is 0 Å². The molecule has 46 heavy (non-hydrogen) atoms. The van der Waals surface area contributed by atoms with Gasteiger partial charge in [-0.1, -0.05) is 141 Å². The third-order valence-corrected chi connectivity index (χ3v) is 10.3. The first-order chi connectivity index (χ1) is 20.3. The van der Waals surface area contributed by atoms with Crippen LogP contribution in [0, 0.1) is 37.9 Å². The molecule has 1 aliphatic rings. The number of phenolic OH excluding ortho intramolecular Hbond substituents is 1. The van der Waals surface area contributed by atoms with Gasteiger partial charge in [0.25, 0.3) is 0 Å². The van der Waals surface area contributed by atoms with Gasteiger partial charge in [0, 0.05) is 11.5 Å². The zero-order valence-corrected chi connectivity index (χ0v) is 34.1. The van der Waals surface area contributed by atoms with Crippen molar-refractivity contribution in [2.24, 2.45) is 37.9 Å². The molecule has 0 amide bonds. The summed E-state index contributed by atoms with van der Waals surface area (Å²) in [5.41, 5.74) is 5.53. The van der Waals surface area contributed by atoms with E-state index in [1.54, 1.807) is 0 Å². The summed E-state index contributed by atoms with van der Waals surface area (Å²) in [6.07, 6.45) is 10.7. The van der Waals surface area contributed by atoms with Crippen molar-refractivity contribution in [2.75, 3.05) is 13.2 Å². The van der Waals surface area contributed by atoms with Crippen LogP contribution < -0.4 is 0 Å². The molecule has 1 heterocycles. The Kier molecular flexibility index (Phi) is 12.4. The molecule has 2 rings (SSSR count). The molecule has 2 heteroatoms. The Balaban J connectivity index is 2.12. The minimum Gasteiger partial charge on any atom is -0.508 e. The maximum Gasteiger partial charge on any atom is 0.119 e. The molecule has 0 saturated heterocycles. The molecule has 0 saturated carbocycles. The lowest BCUT2D eigenvalue weighted by molar-refractivity contribution is 0.0478. The fourth-order valence-corrected chi connectivity index (χ4v) is 11.8. The Bertz CT molecular complexity index is 1180. The van der Waals surface area contributed by atoms with Crippen LogP contribution >= 0.6 is 0 Å². The summed E-state index contributed by atoms with van der Waals surface area (Å²) in [4.78, 5) is 0. The second-order valence-electron chi connectivity index (χ2n) is 22.5. The molecule has 0 aromatic heterocycles. The van der Waals surface area contributed by atoms with Crippen molar-refractivity contribution in [2.45, 2.75) is 181 Å². The highest BCUT2D eigenvalue weighted by molar-refractivity contribution is 5.44. The van der Waals surface area contributed by atoms with Gasteiger partial charge in [-0.05, 0) is 107 Å². The van der Waals surface area contributed by atoms with Crippen LogP contribution in [0.25, 0.3) is 0 Å². The number of phenols is 1. The van der Waals surface area contributed by atoms with Crippen LogP contribution in [-0.4, -0.2) is 18.3 Å². The largest absolute Gasteiger partial charge is 0.508 e. The first-order valence-electron chi connectivity index (χ1n) is 18.4. The van der Waals surface area contributed by atoms with E-state index in [0.717, 1.165) is 12.0 Å². The smallest absolute Gasteiger partial charge is 0.119 e. The minimum absolute atomic E-state index is 0.0149. The molecule has 0 spiro atoms. The molecule has 1 unspecified atom stereocenters. The topological polar surface area (TPSA) is 29.5 Å². The van der Waals surface area contributed by atoms with E-state index in [1.807, 2.05) is 6.07 Å². The molecule has 1 aromatic rings. The second kappa shape index (κ2) is 13.9. The first-order valence-corrected chi connectivity index (χ1v) is 18.4. The Labute approximate surface area is 288 Å². The monoisotopic (exact) mass is 639 g/mol. The van der Waals surface area contributed by atoms with Gasteiger partial charge in [0.05, 0.1) is 13.2 Å². The van der Waals surface area contributed by atoms with Gasteiger partial charge in [-0.2, -0.15) is 0 Å². The van der Waals surface area contributed by atoms with E-state index in [1.165, 1.54) is 49.7 Å². The molecule has 1 aliphatic heterocycles. The molecule has 0 bridgehead atoms. The zero-order chi connectivity index (χ0) is 35.8.